The van der Waals surface area contributed by atoms with Crippen molar-refractivity contribution in [3.63, 3.8) is 0 Å². The summed E-state index contributed by atoms with van der Waals surface area (Å²) in [6.45, 7) is 0. The lowest BCUT2D eigenvalue weighted by molar-refractivity contribution is -0.140. The van der Waals surface area contributed by atoms with Crippen LogP contribution in [-0.4, -0.2) is 22.5 Å². The smallest absolute Gasteiger partial charge is 0.305 e. The van der Waals surface area contributed by atoms with Crippen molar-refractivity contribution in [3.8, 4) is 11.3 Å². The second kappa shape index (κ2) is 5.65. The quantitative estimate of drug-likeness (QED) is 0.695. The van der Waals surface area contributed by atoms with Gasteiger partial charge in [0.1, 0.15) is 5.82 Å². The Labute approximate surface area is 124 Å². The summed E-state index contributed by atoms with van der Waals surface area (Å²) in [4.78, 5) is 16.4. The molecule has 0 atom stereocenters. The predicted octanol–water partition coefficient (Wildman–Crippen LogP) is 3.31. The molecule has 0 aliphatic heterocycles. The largest absolute Gasteiger partial charge is 0.469 e. The fraction of sp³-hybridized carbons (Fsp3) is 0.200. The summed E-state index contributed by atoms with van der Waals surface area (Å²) >= 11 is 1.47. The first-order valence-corrected chi connectivity index (χ1v) is 7.34. The Morgan fingerprint density at radius 1 is 1.43 bits per heavy atom. The van der Waals surface area contributed by atoms with Crippen molar-refractivity contribution in [2.45, 2.75) is 12.8 Å². The number of rotatable bonds is 4. The van der Waals surface area contributed by atoms with Crippen molar-refractivity contribution >= 4 is 22.3 Å². The van der Waals surface area contributed by atoms with Gasteiger partial charge in [0.05, 0.1) is 19.2 Å². The van der Waals surface area contributed by atoms with Gasteiger partial charge in [0.15, 0.2) is 4.96 Å². The van der Waals surface area contributed by atoms with Gasteiger partial charge in [0.25, 0.3) is 0 Å². The van der Waals surface area contributed by atoms with E-state index in [0.717, 1.165) is 10.7 Å². The lowest BCUT2D eigenvalue weighted by atomic mass is 10.1. The highest BCUT2D eigenvalue weighted by molar-refractivity contribution is 7.15. The molecule has 0 radical (unpaired) electrons. The number of imidazole rings is 1. The van der Waals surface area contributed by atoms with Crippen molar-refractivity contribution in [1.82, 2.24) is 9.38 Å². The lowest BCUT2D eigenvalue weighted by Crippen LogP contribution is -2.02. The molecule has 21 heavy (non-hydrogen) atoms. The molecule has 4 nitrogen and oxygen atoms in total. The minimum atomic E-state index is -0.292. The van der Waals surface area contributed by atoms with Gasteiger partial charge in [0, 0.05) is 22.8 Å². The maximum atomic E-state index is 13.8. The highest BCUT2D eigenvalue weighted by atomic mass is 32.1. The van der Waals surface area contributed by atoms with E-state index in [4.69, 9.17) is 0 Å². The molecule has 6 heteroatoms. The Bertz CT molecular complexity index is 794. The summed E-state index contributed by atoms with van der Waals surface area (Å²) in [6.07, 6.45) is 2.69. The Hall–Kier alpha value is -2.21. The van der Waals surface area contributed by atoms with Crippen LogP contribution in [0.2, 0.25) is 0 Å². The molecule has 3 rings (SSSR count). The third kappa shape index (κ3) is 2.67. The van der Waals surface area contributed by atoms with Crippen LogP contribution < -0.4 is 0 Å². The van der Waals surface area contributed by atoms with E-state index in [1.54, 1.807) is 24.4 Å². The Kier molecular flexibility index (Phi) is 3.70. The first-order valence-electron chi connectivity index (χ1n) is 6.46. The SMILES string of the molecule is COC(=O)CCc1csc2nc(-c3ccccc3F)cn12. The van der Waals surface area contributed by atoms with E-state index in [1.807, 2.05) is 9.78 Å². The van der Waals surface area contributed by atoms with Crippen molar-refractivity contribution in [2.24, 2.45) is 0 Å². The number of carbonyl (C=O) groups excluding carboxylic acids is 1. The van der Waals surface area contributed by atoms with E-state index in [9.17, 15) is 9.18 Å². The monoisotopic (exact) mass is 304 g/mol. The van der Waals surface area contributed by atoms with Gasteiger partial charge in [-0.15, -0.1) is 11.3 Å². The number of methoxy groups -OCH3 is 1. The van der Waals surface area contributed by atoms with Gasteiger partial charge in [-0.2, -0.15) is 0 Å². The van der Waals surface area contributed by atoms with Crippen molar-refractivity contribution < 1.29 is 13.9 Å². The standard InChI is InChI=1S/C15H13FN2O2S/c1-20-14(19)7-6-10-9-21-15-17-13(8-18(10)15)11-4-2-3-5-12(11)16/h2-5,8-9H,6-7H2,1H3. The number of esters is 1. The van der Waals surface area contributed by atoms with Crippen molar-refractivity contribution in [3.05, 3.63) is 47.4 Å². The molecule has 0 bridgehead atoms. The average molecular weight is 304 g/mol. The molecule has 0 amide bonds. The molecule has 0 aliphatic carbocycles. The lowest BCUT2D eigenvalue weighted by Gasteiger charge is -1.99. The number of thiazole rings is 1. The first kappa shape index (κ1) is 13.8. The summed E-state index contributed by atoms with van der Waals surface area (Å²) in [5.74, 6) is -0.539. The molecule has 0 aliphatic rings. The number of aromatic nitrogens is 2. The number of nitrogens with zero attached hydrogens (tertiary/aromatic N) is 2. The molecule has 0 fully saturated rings. The average Bonchev–Trinajstić information content (AvgIpc) is 3.06. The van der Waals surface area contributed by atoms with Crippen LogP contribution >= 0.6 is 11.3 Å². The minimum absolute atomic E-state index is 0.246. The first-order chi connectivity index (χ1) is 10.2. The second-order valence-electron chi connectivity index (χ2n) is 4.56. The normalized spacial score (nSPS) is 11.0. The zero-order valence-corrected chi connectivity index (χ0v) is 12.2. The fourth-order valence-corrected chi connectivity index (χ4v) is 3.05. The number of hydrogen-bond donors (Lipinski definition) is 0. The van der Waals surface area contributed by atoms with Gasteiger partial charge in [-0.1, -0.05) is 12.1 Å². The van der Waals surface area contributed by atoms with E-state index >= 15 is 0 Å². The number of hydrogen-bond acceptors (Lipinski definition) is 4. The highest BCUT2D eigenvalue weighted by Gasteiger charge is 2.13. The fourth-order valence-electron chi connectivity index (χ4n) is 2.14. The highest BCUT2D eigenvalue weighted by Crippen LogP contribution is 2.26. The molecular weight excluding hydrogens is 291 g/mol. The van der Waals surface area contributed by atoms with E-state index in [1.165, 1.54) is 24.5 Å². The van der Waals surface area contributed by atoms with Crippen LogP contribution in [0.15, 0.2) is 35.8 Å². The molecular formula is C15H13FN2O2S. The van der Waals surface area contributed by atoms with Crippen LogP contribution in [0.25, 0.3) is 16.2 Å². The molecule has 2 heterocycles. The van der Waals surface area contributed by atoms with E-state index in [2.05, 4.69) is 9.72 Å². The van der Waals surface area contributed by atoms with Crippen LogP contribution in [0.5, 0.6) is 0 Å². The summed E-state index contributed by atoms with van der Waals surface area (Å²) in [5.41, 5.74) is 2.04. The second-order valence-corrected chi connectivity index (χ2v) is 5.40. The Morgan fingerprint density at radius 3 is 3.00 bits per heavy atom. The van der Waals surface area contributed by atoms with E-state index in [0.29, 0.717) is 24.1 Å². The Balaban J connectivity index is 1.93. The zero-order valence-electron chi connectivity index (χ0n) is 11.4. The molecule has 1 aromatic carbocycles. The maximum absolute atomic E-state index is 13.8. The van der Waals surface area contributed by atoms with Crippen LogP contribution in [0.3, 0.4) is 0 Å². The molecule has 108 valence electrons. The van der Waals surface area contributed by atoms with Gasteiger partial charge in [0.2, 0.25) is 0 Å². The van der Waals surface area contributed by atoms with Gasteiger partial charge in [-0.05, 0) is 18.6 Å². The molecule has 0 saturated heterocycles. The van der Waals surface area contributed by atoms with Gasteiger partial charge < -0.3 is 4.74 Å². The van der Waals surface area contributed by atoms with Gasteiger partial charge in [-0.3, -0.25) is 9.20 Å². The Morgan fingerprint density at radius 2 is 2.24 bits per heavy atom. The van der Waals surface area contributed by atoms with E-state index < -0.39 is 0 Å². The number of ether oxygens (including phenoxy) is 1. The molecule has 2 aromatic heterocycles. The predicted molar refractivity (Wildman–Crippen MR) is 78.8 cm³/mol. The molecule has 0 unspecified atom stereocenters. The van der Waals surface area contributed by atoms with Crippen LogP contribution in [-0.2, 0) is 16.0 Å². The van der Waals surface area contributed by atoms with Crippen molar-refractivity contribution in [1.29, 1.82) is 0 Å². The van der Waals surface area contributed by atoms with E-state index in [-0.39, 0.29) is 11.8 Å². The third-order valence-electron chi connectivity index (χ3n) is 3.25. The summed E-state index contributed by atoms with van der Waals surface area (Å²) < 4.78 is 20.3. The zero-order chi connectivity index (χ0) is 14.8. The minimum Gasteiger partial charge on any atom is -0.469 e. The van der Waals surface area contributed by atoms with Gasteiger partial charge >= 0.3 is 5.97 Å². The molecule has 0 spiro atoms. The molecule has 3 aromatic rings. The number of benzene rings is 1. The van der Waals surface area contributed by atoms with Crippen LogP contribution in [0.1, 0.15) is 12.1 Å². The summed E-state index contributed by atoms with van der Waals surface area (Å²) in [7, 11) is 1.37. The number of carbonyl (C=O) groups is 1. The molecule has 0 N–H and O–H groups in total. The number of halogens is 1. The topological polar surface area (TPSA) is 43.6 Å². The number of fused-ring (bicyclic) bond motifs is 1. The third-order valence-corrected chi connectivity index (χ3v) is 4.13. The summed E-state index contributed by atoms with van der Waals surface area (Å²) in [5, 5.41) is 1.95. The van der Waals surface area contributed by atoms with Crippen molar-refractivity contribution in [2.75, 3.05) is 7.11 Å². The number of aryl methyl sites for hydroxylation is 1. The van der Waals surface area contributed by atoms with Crippen LogP contribution in [0.4, 0.5) is 4.39 Å². The molecule has 0 saturated carbocycles. The summed E-state index contributed by atoms with van der Waals surface area (Å²) in [6, 6.07) is 6.56. The van der Waals surface area contributed by atoms with Gasteiger partial charge in [-0.25, -0.2) is 9.37 Å². The maximum Gasteiger partial charge on any atom is 0.305 e. The van der Waals surface area contributed by atoms with Crippen LogP contribution in [0, 0.1) is 5.82 Å².